The summed E-state index contributed by atoms with van der Waals surface area (Å²) in [6, 6.07) is 16.5. The lowest BCUT2D eigenvalue weighted by molar-refractivity contribution is -0.132. The van der Waals surface area contributed by atoms with E-state index >= 15 is 0 Å². The van der Waals surface area contributed by atoms with E-state index < -0.39 is 0 Å². The van der Waals surface area contributed by atoms with Crippen molar-refractivity contribution in [1.82, 2.24) is 15.2 Å². The van der Waals surface area contributed by atoms with Crippen LogP contribution < -0.4 is 10.6 Å². The van der Waals surface area contributed by atoms with Gasteiger partial charge in [-0.05, 0) is 48.2 Å². The normalized spacial score (nSPS) is 15.9. The smallest absolute Gasteiger partial charge is 0.272 e. The van der Waals surface area contributed by atoms with Gasteiger partial charge in [0.15, 0.2) is 5.69 Å². The molecule has 1 fully saturated rings. The molecule has 1 unspecified atom stereocenters. The number of anilines is 1. The van der Waals surface area contributed by atoms with Gasteiger partial charge in [0.2, 0.25) is 5.91 Å². The van der Waals surface area contributed by atoms with E-state index in [2.05, 4.69) is 15.6 Å². The molecule has 3 aromatic rings. The number of hydrogen-bond donors (Lipinski definition) is 2. The fraction of sp³-hybridized carbons (Fsp3) is 0.280. The minimum atomic E-state index is -0.382. The van der Waals surface area contributed by atoms with Crippen LogP contribution in [0.2, 0.25) is 0 Å². The Morgan fingerprint density at radius 2 is 1.81 bits per heavy atom. The summed E-state index contributed by atoms with van der Waals surface area (Å²) in [5.41, 5.74) is 1.01. The van der Waals surface area contributed by atoms with Gasteiger partial charge in [-0.2, -0.15) is 0 Å². The van der Waals surface area contributed by atoms with E-state index in [1.165, 1.54) is 6.20 Å². The van der Waals surface area contributed by atoms with Crippen LogP contribution in [-0.2, 0) is 4.79 Å². The number of likely N-dealkylation sites (tertiary alicyclic amines) is 1. The highest BCUT2D eigenvalue weighted by atomic mass is 16.2. The van der Waals surface area contributed by atoms with Crippen LogP contribution >= 0.6 is 0 Å². The highest BCUT2D eigenvalue weighted by molar-refractivity contribution is 6.14. The maximum atomic E-state index is 13.0. The number of nitrogens with one attached hydrogen (secondary N) is 2. The molecule has 32 heavy (non-hydrogen) atoms. The highest BCUT2D eigenvalue weighted by Gasteiger charge is 2.25. The fourth-order valence-electron chi connectivity index (χ4n) is 4.22. The Morgan fingerprint density at radius 3 is 2.66 bits per heavy atom. The highest BCUT2D eigenvalue weighted by Crippen LogP contribution is 2.21. The lowest BCUT2D eigenvalue weighted by atomic mass is 10.0. The minimum absolute atomic E-state index is 0.0184. The van der Waals surface area contributed by atoms with Gasteiger partial charge in [-0.1, -0.05) is 36.4 Å². The summed E-state index contributed by atoms with van der Waals surface area (Å²) in [7, 11) is 0. The molecular formula is C25H26N4O3. The van der Waals surface area contributed by atoms with Gasteiger partial charge in [0.25, 0.3) is 11.8 Å². The van der Waals surface area contributed by atoms with Crippen molar-refractivity contribution >= 4 is 34.2 Å². The molecule has 0 spiro atoms. The summed E-state index contributed by atoms with van der Waals surface area (Å²) >= 11 is 0. The number of fused-ring (bicyclic) bond motifs is 1. The maximum Gasteiger partial charge on any atom is 0.272 e. The average Bonchev–Trinajstić information content (AvgIpc) is 2.82. The molecule has 3 amide bonds. The zero-order valence-corrected chi connectivity index (χ0v) is 18.0. The largest absolute Gasteiger partial charge is 0.349 e. The number of pyridine rings is 1. The molecule has 1 aliphatic heterocycles. The van der Waals surface area contributed by atoms with Gasteiger partial charge in [0.05, 0.1) is 5.69 Å². The lowest BCUT2D eigenvalue weighted by Gasteiger charge is -2.35. The van der Waals surface area contributed by atoms with Gasteiger partial charge in [-0.25, -0.2) is 4.98 Å². The molecule has 2 aromatic carbocycles. The molecule has 0 bridgehead atoms. The first kappa shape index (κ1) is 21.5. The van der Waals surface area contributed by atoms with Crippen molar-refractivity contribution in [2.24, 2.45) is 0 Å². The Morgan fingerprint density at radius 1 is 1.00 bits per heavy atom. The second-order valence-electron chi connectivity index (χ2n) is 7.95. The Bertz CT molecular complexity index is 1160. The van der Waals surface area contributed by atoms with Crippen molar-refractivity contribution < 1.29 is 14.4 Å². The van der Waals surface area contributed by atoms with E-state index in [1.54, 1.807) is 25.1 Å². The fourth-order valence-corrected chi connectivity index (χ4v) is 4.22. The second-order valence-corrected chi connectivity index (χ2v) is 7.95. The first-order valence-corrected chi connectivity index (χ1v) is 10.8. The zero-order chi connectivity index (χ0) is 22.5. The third kappa shape index (κ3) is 4.61. The average molecular weight is 431 g/mol. The van der Waals surface area contributed by atoms with E-state index in [-0.39, 0.29) is 29.5 Å². The van der Waals surface area contributed by atoms with Crippen LogP contribution in [0.3, 0.4) is 0 Å². The summed E-state index contributed by atoms with van der Waals surface area (Å²) < 4.78 is 0. The quantitative estimate of drug-likeness (QED) is 0.647. The Balaban J connectivity index is 1.49. The molecule has 2 N–H and O–H groups in total. The van der Waals surface area contributed by atoms with Gasteiger partial charge >= 0.3 is 0 Å². The van der Waals surface area contributed by atoms with Crippen molar-refractivity contribution in [2.45, 2.75) is 32.2 Å². The Labute approximate surface area is 186 Å². The SMILES string of the molecule is CC(=O)N1CCCCC1CNC(=O)c1ncccc1NC(=O)c1cccc2ccccc12. The monoisotopic (exact) mass is 430 g/mol. The van der Waals surface area contributed by atoms with Gasteiger partial charge < -0.3 is 15.5 Å². The molecule has 2 heterocycles. The molecule has 7 nitrogen and oxygen atoms in total. The summed E-state index contributed by atoms with van der Waals surface area (Å²) in [6.07, 6.45) is 4.38. The molecule has 7 heteroatoms. The number of hydrogen-bond acceptors (Lipinski definition) is 4. The van der Waals surface area contributed by atoms with Crippen molar-refractivity contribution in [3.8, 4) is 0 Å². The first-order chi connectivity index (χ1) is 15.5. The number of carbonyl (C=O) groups is 3. The molecule has 1 aromatic heterocycles. The number of aromatic nitrogens is 1. The maximum absolute atomic E-state index is 13.0. The summed E-state index contributed by atoms with van der Waals surface area (Å²) in [5.74, 6) is -0.670. The summed E-state index contributed by atoms with van der Waals surface area (Å²) in [5, 5.41) is 7.53. The van der Waals surface area contributed by atoms with E-state index in [0.717, 1.165) is 30.0 Å². The Hall–Kier alpha value is -3.74. The van der Waals surface area contributed by atoms with Crippen LogP contribution in [0.15, 0.2) is 60.8 Å². The van der Waals surface area contributed by atoms with Gasteiger partial charge in [0.1, 0.15) is 0 Å². The molecule has 0 saturated carbocycles. The van der Waals surface area contributed by atoms with Crippen LogP contribution in [0.25, 0.3) is 10.8 Å². The predicted molar refractivity (Wildman–Crippen MR) is 123 cm³/mol. The summed E-state index contributed by atoms with van der Waals surface area (Å²) in [4.78, 5) is 43.8. The number of benzene rings is 2. The standard InChI is InChI=1S/C25H26N4O3/c1-17(30)29-15-5-4-10-19(29)16-27-25(32)23-22(13-7-14-26-23)28-24(31)21-12-6-9-18-8-2-3-11-20(18)21/h2-3,6-9,11-14,19H,4-5,10,15-16H2,1H3,(H,27,32)(H,28,31). The lowest BCUT2D eigenvalue weighted by Crippen LogP contribution is -2.48. The second kappa shape index (κ2) is 9.60. The van der Waals surface area contributed by atoms with Crippen LogP contribution in [0, 0.1) is 0 Å². The van der Waals surface area contributed by atoms with Crippen molar-refractivity contribution in [3.63, 3.8) is 0 Å². The van der Waals surface area contributed by atoms with Crippen molar-refractivity contribution in [1.29, 1.82) is 0 Å². The van der Waals surface area contributed by atoms with E-state index in [0.29, 0.717) is 24.3 Å². The number of carbonyl (C=O) groups excluding carboxylic acids is 3. The predicted octanol–water partition coefficient (Wildman–Crippen LogP) is 3.62. The van der Waals surface area contributed by atoms with E-state index in [1.807, 2.05) is 41.3 Å². The minimum Gasteiger partial charge on any atom is -0.349 e. The Kier molecular flexibility index (Phi) is 6.44. The number of nitrogens with zero attached hydrogens (tertiary/aromatic N) is 2. The molecular weight excluding hydrogens is 404 g/mol. The molecule has 164 valence electrons. The van der Waals surface area contributed by atoms with Crippen molar-refractivity contribution in [3.05, 3.63) is 72.1 Å². The zero-order valence-electron chi connectivity index (χ0n) is 18.0. The van der Waals surface area contributed by atoms with E-state index in [9.17, 15) is 14.4 Å². The van der Waals surface area contributed by atoms with Crippen LogP contribution in [-0.4, -0.2) is 46.7 Å². The van der Waals surface area contributed by atoms with Crippen molar-refractivity contribution in [2.75, 3.05) is 18.4 Å². The topological polar surface area (TPSA) is 91.4 Å². The number of piperidine rings is 1. The van der Waals surface area contributed by atoms with Crippen LogP contribution in [0.1, 0.15) is 47.0 Å². The number of rotatable bonds is 5. The molecule has 1 aliphatic rings. The molecule has 0 radical (unpaired) electrons. The molecule has 4 rings (SSSR count). The third-order valence-corrected chi connectivity index (χ3v) is 5.84. The number of amides is 3. The van der Waals surface area contributed by atoms with Gasteiger partial charge in [-0.15, -0.1) is 0 Å². The van der Waals surface area contributed by atoms with E-state index in [4.69, 9.17) is 0 Å². The molecule has 0 aliphatic carbocycles. The molecule has 1 atom stereocenters. The third-order valence-electron chi connectivity index (χ3n) is 5.84. The molecule has 1 saturated heterocycles. The van der Waals surface area contributed by atoms with Crippen LogP contribution in [0.5, 0.6) is 0 Å². The summed E-state index contributed by atoms with van der Waals surface area (Å²) in [6.45, 7) is 2.62. The van der Waals surface area contributed by atoms with Gasteiger partial charge in [0, 0.05) is 37.8 Å². The first-order valence-electron chi connectivity index (χ1n) is 10.8. The van der Waals surface area contributed by atoms with Gasteiger partial charge in [-0.3, -0.25) is 14.4 Å². The van der Waals surface area contributed by atoms with Crippen LogP contribution in [0.4, 0.5) is 5.69 Å².